The molecule has 70 valence electrons. The molecule has 0 radical (unpaired) electrons. The Morgan fingerprint density at radius 2 is 2.08 bits per heavy atom. The standard InChI is InChI=1S/C10H13NO2/c1-6-3-4-7(2)8(5-6)9(11)10(12)13/h3-5,9H,11H2,1-2H3,(H,12,13)/t9-/m1/s1. The maximum Gasteiger partial charge on any atom is 0.150 e. The maximum atomic E-state index is 10.6. The second-order valence-electron chi connectivity index (χ2n) is 3.23. The molecule has 0 spiro atoms. The molecule has 1 aromatic carbocycles. The van der Waals surface area contributed by atoms with Crippen LogP contribution in [0.5, 0.6) is 0 Å². The average Bonchev–Trinajstić information content (AvgIpc) is 2.08. The van der Waals surface area contributed by atoms with Crippen molar-refractivity contribution in [1.29, 1.82) is 0 Å². The van der Waals surface area contributed by atoms with Gasteiger partial charge in [0.05, 0.1) is 0 Å². The monoisotopic (exact) mass is 179 g/mol. The number of rotatable bonds is 2. The third-order valence-corrected chi connectivity index (χ3v) is 2.09. The molecule has 1 atom stereocenters. The van der Waals surface area contributed by atoms with E-state index in [0.717, 1.165) is 16.7 Å². The highest BCUT2D eigenvalue weighted by atomic mass is 16.4. The topological polar surface area (TPSA) is 67.8 Å². The molecule has 0 aliphatic rings. The lowest BCUT2D eigenvalue weighted by Crippen LogP contribution is -2.61. The van der Waals surface area contributed by atoms with Gasteiger partial charge in [-0.2, -0.15) is 0 Å². The van der Waals surface area contributed by atoms with E-state index in [0.29, 0.717) is 0 Å². The van der Waals surface area contributed by atoms with Crippen LogP contribution in [0.1, 0.15) is 22.7 Å². The minimum atomic E-state index is -1.13. The van der Waals surface area contributed by atoms with Gasteiger partial charge in [0.2, 0.25) is 0 Å². The molecule has 3 heteroatoms. The van der Waals surface area contributed by atoms with Crippen LogP contribution in [0.3, 0.4) is 0 Å². The van der Waals surface area contributed by atoms with Crippen molar-refractivity contribution in [3.05, 3.63) is 34.9 Å². The number of carboxylic acids is 1. The summed E-state index contributed by atoms with van der Waals surface area (Å²) in [6.45, 7) is 3.79. The van der Waals surface area contributed by atoms with E-state index in [9.17, 15) is 9.90 Å². The number of carboxylic acid groups (broad SMARTS) is 1. The molecule has 1 rings (SSSR count). The van der Waals surface area contributed by atoms with Gasteiger partial charge in [0.1, 0.15) is 5.97 Å². The van der Waals surface area contributed by atoms with Crippen LogP contribution >= 0.6 is 0 Å². The van der Waals surface area contributed by atoms with Crippen molar-refractivity contribution in [3.63, 3.8) is 0 Å². The predicted octanol–water partition coefficient (Wildman–Crippen LogP) is -0.664. The summed E-state index contributed by atoms with van der Waals surface area (Å²) >= 11 is 0. The molecule has 0 amide bonds. The Hall–Kier alpha value is -1.35. The van der Waals surface area contributed by atoms with E-state index >= 15 is 0 Å². The molecule has 0 fully saturated rings. The van der Waals surface area contributed by atoms with Gasteiger partial charge in [0, 0.05) is 5.56 Å². The van der Waals surface area contributed by atoms with Crippen LogP contribution < -0.4 is 10.8 Å². The number of hydrogen-bond donors (Lipinski definition) is 1. The molecule has 0 aromatic heterocycles. The van der Waals surface area contributed by atoms with Gasteiger partial charge in [-0.15, -0.1) is 0 Å². The van der Waals surface area contributed by atoms with Gasteiger partial charge in [0.15, 0.2) is 6.04 Å². The summed E-state index contributed by atoms with van der Waals surface area (Å²) in [5, 5.41) is 10.6. The van der Waals surface area contributed by atoms with Crippen LogP contribution in [0.25, 0.3) is 0 Å². The van der Waals surface area contributed by atoms with Crippen LogP contribution in [0.15, 0.2) is 18.2 Å². The fraction of sp³-hybridized carbons (Fsp3) is 0.300. The van der Waals surface area contributed by atoms with Crippen molar-refractivity contribution in [2.24, 2.45) is 0 Å². The highest BCUT2D eigenvalue weighted by Gasteiger charge is 2.12. The molecular formula is C10H13NO2. The van der Waals surface area contributed by atoms with Crippen LogP contribution in [0.2, 0.25) is 0 Å². The number of benzene rings is 1. The third kappa shape index (κ3) is 2.06. The minimum Gasteiger partial charge on any atom is -0.544 e. The molecule has 0 unspecified atom stereocenters. The SMILES string of the molecule is Cc1ccc(C)c([C@@H]([NH3+])C(=O)[O-])c1. The Kier molecular flexibility index (Phi) is 2.68. The molecule has 1 aromatic rings. The van der Waals surface area contributed by atoms with Crippen molar-refractivity contribution in [2.45, 2.75) is 19.9 Å². The number of aryl methyl sites for hydroxylation is 2. The summed E-state index contributed by atoms with van der Waals surface area (Å²) < 4.78 is 0. The molecule has 0 heterocycles. The first kappa shape index (κ1) is 9.74. The molecule has 0 aliphatic carbocycles. The number of aliphatic carboxylic acids is 1. The van der Waals surface area contributed by atoms with E-state index in [1.165, 1.54) is 0 Å². The number of carbonyl (C=O) groups is 1. The fourth-order valence-corrected chi connectivity index (χ4v) is 1.26. The predicted molar refractivity (Wildman–Crippen MR) is 46.6 cm³/mol. The maximum absolute atomic E-state index is 10.6. The Balaban J connectivity index is 3.12. The van der Waals surface area contributed by atoms with Crippen molar-refractivity contribution in [2.75, 3.05) is 0 Å². The van der Waals surface area contributed by atoms with E-state index in [4.69, 9.17) is 0 Å². The van der Waals surface area contributed by atoms with Crippen LogP contribution in [-0.2, 0) is 4.79 Å². The molecule has 13 heavy (non-hydrogen) atoms. The Labute approximate surface area is 77.2 Å². The van der Waals surface area contributed by atoms with Crippen LogP contribution in [0.4, 0.5) is 0 Å². The average molecular weight is 179 g/mol. The zero-order chi connectivity index (χ0) is 10.0. The highest BCUT2D eigenvalue weighted by molar-refractivity contribution is 5.72. The molecule has 3 nitrogen and oxygen atoms in total. The van der Waals surface area contributed by atoms with Crippen molar-refractivity contribution in [3.8, 4) is 0 Å². The smallest absolute Gasteiger partial charge is 0.150 e. The summed E-state index contributed by atoms with van der Waals surface area (Å²) in [4.78, 5) is 10.6. The second kappa shape index (κ2) is 3.58. The highest BCUT2D eigenvalue weighted by Crippen LogP contribution is 2.15. The summed E-state index contributed by atoms with van der Waals surface area (Å²) in [5.74, 6) is -1.13. The molecule has 0 saturated heterocycles. The molecule has 0 aliphatic heterocycles. The quantitative estimate of drug-likeness (QED) is 0.654. The van der Waals surface area contributed by atoms with Gasteiger partial charge >= 0.3 is 0 Å². The zero-order valence-electron chi connectivity index (χ0n) is 7.83. The fourth-order valence-electron chi connectivity index (χ4n) is 1.26. The normalized spacial score (nSPS) is 12.5. The minimum absolute atomic E-state index is 0.736. The third-order valence-electron chi connectivity index (χ3n) is 2.09. The second-order valence-corrected chi connectivity index (χ2v) is 3.23. The van der Waals surface area contributed by atoms with E-state index in [1.807, 2.05) is 32.0 Å². The van der Waals surface area contributed by atoms with Gasteiger partial charge < -0.3 is 15.6 Å². The van der Waals surface area contributed by atoms with Gasteiger partial charge in [0.25, 0.3) is 0 Å². The molecule has 0 saturated carbocycles. The first-order valence-corrected chi connectivity index (χ1v) is 4.13. The summed E-state index contributed by atoms with van der Waals surface area (Å²) in [7, 11) is 0. The number of hydrogen-bond acceptors (Lipinski definition) is 2. The van der Waals surface area contributed by atoms with Gasteiger partial charge in [-0.3, -0.25) is 0 Å². The zero-order valence-corrected chi connectivity index (χ0v) is 7.83. The Morgan fingerprint density at radius 1 is 1.46 bits per heavy atom. The Morgan fingerprint density at radius 3 is 2.62 bits per heavy atom. The van der Waals surface area contributed by atoms with Crippen molar-refractivity contribution >= 4 is 5.97 Å². The molecular weight excluding hydrogens is 166 g/mol. The van der Waals surface area contributed by atoms with Gasteiger partial charge in [-0.25, -0.2) is 0 Å². The van der Waals surface area contributed by atoms with E-state index in [2.05, 4.69) is 5.73 Å². The molecule has 0 bridgehead atoms. The van der Waals surface area contributed by atoms with Crippen LogP contribution in [0, 0.1) is 13.8 Å². The lowest BCUT2D eigenvalue weighted by atomic mass is 10.00. The van der Waals surface area contributed by atoms with E-state index in [-0.39, 0.29) is 0 Å². The number of quaternary nitrogens is 1. The number of carbonyl (C=O) groups excluding carboxylic acids is 1. The molecule has 3 N–H and O–H groups in total. The summed E-state index contributed by atoms with van der Waals surface area (Å²) in [5.41, 5.74) is 6.26. The Bertz CT molecular complexity index is 334. The first-order valence-electron chi connectivity index (χ1n) is 4.13. The van der Waals surface area contributed by atoms with E-state index in [1.54, 1.807) is 0 Å². The van der Waals surface area contributed by atoms with E-state index < -0.39 is 12.0 Å². The first-order chi connectivity index (χ1) is 6.02. The lowest BCUT2D eigenvalue weighted by molar-refractivity contribution is -0.443. The van der Waals surface area contributed by atoms with Crippen LogP contribution in [-0.4, -0.2) is 5.97 Å². The summed E-state index contributed by atoms with van der Waals surface area (Å²) in [6, 6.07) is 4.90. The van der Waals surface area contributed by atoms with Gasteiger partial charge in [-0.05, 0) is 25.5 Å². The lowest BCUT2D eigenvalue weighted by Gasteiger charge is -2.12. The van der Waals surface area contributed by atoms with Crippen molar-refractivity contribution in [1.82, 2.24) is 0 Å². The largest absolute Gasteiger partial charge is 0.544 e. The van der Waals surface area contributed by atoms with Crippen molar-refractivity contribution < 1.29 is 15.6 Å². The summed E-state index contributed by atoms with van der Waals surface area (Å²) in [6.07, 6.45) is 0. The van der Waals surface area contributed by atoms with Gasteiger partial charge in [-0.1, -0.05) is 17.7 Å².